The van der Waals surface area contributed by atoms with Crippen molar-refractivity contribution >= 4 is 43.7 Å². The van der Waals surface area contributed by atoms with Crippen molar-refractivity contribution in [3.63, 3.8) is 0 Å². The second kappa shape index (κ2) is 9.68. The minimum Gasteiger partial charge on any atom is -0.494 e. The van der Waals surface area contributed by atoms with Gasteiger partial charge in [0.05, 0.1) is 29.3 Å². The van der Waals surface area contributed by atoms with Gasteiger partial charge >= 0.3 is 0 Å². The SMILES string of the molecule is CCOc1ccc(Nc2c(S(=O)(=O)c3ccc(Cl)cc3)cnc3ccc(OCC)cc23)cc1. The number of nitrogens with one attached hydrogen (secondary N) is 1. The first-order valence-corrected chi connectivity index (χ1v) is 12.3. The molecule has 0 fully saturated rings. The van der Waals surface area contributed by atoms with E-state index in [4.69, 9.17) is 21.1 Å². The summed E-state index contributed by atoms with van der Waals surface area (Å²) in [6.07, 6.45) is 1.38. The molecule has 1 heterocycles. The zero-order chi connectivity index (χ0) is 23.4. The van der Waals surface area contributed by atoms with Crippen LogP contribution in [0.4, 0.5) is 11.4 Å². The Morgan fingerprint density at radius 1 is 0.879 bits per heavy atom. The fourth-order valence-corrected chi connectivity index (χ4v) is 4.92. The molecular formula is C25H23ClN2O4S. The first kappa shape index (κ1) is 22.9. The standard InChI is InChI=1S/C25H23ClN2O4S/c1-3-31-19-9-7-18(8-10-19)28-25-22-15-20(32-4-2)11-14-23(22)27-16-24(25)33(29,30)21-12-5-17(26)6-13-21/h5-16H,3-4H2,1-2H3,(H,27,28). The van der Waals surface area contributed by atoms with Crippen LogP contribution >= 0.6 is 11.6 Å². The number of anilines is 2. The zero-order valence-corrected chi connectivity index (χ0v) is 19.8. The van der Waals surface area contributed by atoms with Gasteiger partial charge in [-0.1, -0.05) is 11.6 Å². The van der Waals surface area contributed by atoms with Gasteiger partial charge in [0.25, 0.3) is 0 Å². The number of ether oxygens (including phenoxy) is 2. The van der Waals surface area contributed by atoms with E-state index < -0.39 is 9.84 Å². The molecule has 6 nitrogen and oxygen atoms in total. The third kappa shape index (κ3) is 4.89. The Morgan fingerprint density at radius 3 is 2.18 bits per heavy atom. The first-order chi connectivity index (χ1) is 15.9. The van der Waals surface area contributed by atoms with Crippen molar-refractivity contribution < 1.29 is 17.9 Å². The third-order valence-corrected chi connectivity index (χ3v) is 7.00. The van der Waals surface area contributed by atoms with Gasteiger partial charge in [-0.15, -0.1) is 0 Å². The number of hydrogen-bond donors (Lipinski definition) is 1. The summed E-state index contributed by atoms with van der Waals surface area (Å²) in [5.41, 5.74) is 1.77. The molecule has 8 heteroatoms. The van der Waals surface area contributed by atoms with Crippen molar-refractivity contribution in [3.05, 3.63) is 77.9 Å². The summed E-state index contributed by atoms with van der Waals surface area (Å²) in [7, 11) is -3.89. The molecule has 170 valence electrons. The predicted octanol–water partition coefficient (Wildman–Crippen LogP) is 6.26. The molecule has 0 aliphatic carbocycles. The van der Waals surface area contributed by atoms with Gasteiger partial charge in [-0.3, -0.25) is 4.98 Å². The van der Waals surface area contributed by atoms with Crippen LogP contribution in [0.15, 0.2) is 82.7 Å². The van der Waals surface area contributed by atoms with Gasteiger partial charge in [-0.25, -0.2) is 8.42 Å². The number of halogens is 1. The molecular weight excluding hydrogens is 460 g/mol. The Kier molecular flexibility index (Phi) is 6.72. The Balaban J connectivity index is 1.89. The highest BCUT2D eigenvalue weighted by molar-refractivity contribution is 7.91. The number of fused-ring (bicyclic) bond motifs is 1. The van der Waals surface area contributed by atoms with Gasteiger partial charge in [-0.05, 0) is 80.6 Å². The molecule has 1 aromatic heterocycles. The second-order valence-electron chi connectivity index (χ2n) is 7.15. The zero-order valence-electron chi connectivity index (χ0n) is 18.2. The number of aromatic nitrogens is 1. The van der Waals surface area contributed by atoms with Crippen LogP contribution in [0.1, 0.15) is 13.8 Å². The molecule has 0 bridgehead atoms. The molecule has 3 aromatic carbocycles. The average Bonchev–Trinajstić information content (AvgIpc) is 2.81. The van der Waals surface area contributed by atoms with Crippen LogP contribution in [0.2, 0.25) is 5.02 Å². The number of nitrogens with zero attached hydrogens (tertiary/aromatic N) is 1. The van der Waals surface area contributed by atoms with Crippen LogP contribution in [0, 0.1) is 0 Å². The Bertz CT molecular complexity index is 1370. The summed E-state index contributed by atoms with van der Waals surface area (Å²) in [4.78, 5) is 4.60. The maximum Gasteiger partial charge on any atom is 0.210 e. The number of hydrogen-bond acceptors (Lipinski definition) is 6. The van der Waals surface area contributed by atoms with Gasteiger partial charge in [0.1, 0.15) is 16.4 Å². The van der Waals surface area contributed by atoms with Gasteiger partial charge in [0.15, 0.2) is 0 Å². The normalized spacial score (nSPS) is 11.4. The van der Waals surface area contributed by atoms with Gasteiger partial charge in [-0.2, -0.15) is 0 Å². The summed E-state index contributed by atoms with van der Waals surface area (Å²) >= 11 is 5.96. The lowest BCUT2D eigenvalue weighted by atomic mass is 10.1. The second-order valence-corrected chi connectivity index (χ2v) is 9.50. The maximum absolute atomic E-state index is 13.6. The lowest BCUT2D eigenvalue weighted by Crippen LogP contribution is -2.07. The molecule has 4 rings (SSSR count). The molecule has 0 aliphatic heterocycles. The maximum atomic E-state index is 13.6. The topological polar surface area (TPSA) is 77.5 Å². The van der Waals surface area contributed by atoms with Crippen molar-refractivity contribution in [1.29, 1.82) is 0 Å². The minimum absolute atomic E-state index is 0.0554. The average molecular weight is 483 g/mol. The smallest absolute Gasteiger partial charge is 0.210 e. The largest absolute Gasteiger partial charge is 0.494 e. The quantitative estimate of drug-likeness (QED) is 0.319. The van der Waals surface area contributed by atoms with Crippen molar-refractivity contribution in [1.82, 2.24) is 4.98 Å². The monoisotopic (exact) mass is 482 g/mol. The highest BCUT2D eigenvalue weighted by Crippen LogP contribution is 2.37. The van der Waals surface area contributed by atoms with E-state index in [0.717, 1.165) is 5.75 Å². The Hall–Kier alpha value is -3.29. The molecule has 0 radical (unpaired) electrons. The summed E-state index contributed by atoms with van der Waals surface area (Å²) in [5, 5.41) is 4.37. The van der Waals surface area contributed by atoms with Crippen molar-refractivity contribution in [2.24, 2.45) is 0 Å². The number of pyridine rings is 1. The molecule has 1 N–H and O–H groups in total. The molecule has 0 spiro atoms. The van der Waals surface area contributed by atoms with Crippen LogP contribution in [0.25, 0.3) is 10.9 Å². The number of sulfone groups is 1. The van der Waals surface area contributed by atoms with Gasteiger partial charge in [0, 0.05) is 22.3 Å². The highest BCUT2D eigenvalue weighted by atomic mass is 35.5. The van der Waals surface area contributed by atoms with Crippen LogP contribution < -0.4 is 14.8 Å². The van der Waals surface area contributed by atoms with E-state index in [2.05, 4.69) is 10.3 Å². The van der Waals surface area contributed by atoms with Crippen molar-refractivity contribution in [2.45, 2.75) is 23.6 Å². The summed E-state index contributed by atoms with van der Waals surface area (Å²) in [6, 6.07) is 18.8. The third-order valence-electron chi connectivity index (χ3n) is 4.96. The van der Waals surface area contributed by atoms with E-state index in [1.54, 1.807) is 18.2 Å². The van der Waals surface area contributed by atoms with E-state index in [1.165, 1.54) is 18.3 Å². The van der Waals surface area contributed by atoms with E-state index in [9.17, 15) is 8.42 Å². The van der Waals surface area contributed by atoms with Crippen LogP contribution in [-0.2, 0) is 9.84 Å². The summed E-state index contributed by atoms with van der Waals surface area (Å²) in [5.74, 6) is 1.36. The van der Waals surface area contributed by atoms with Crippen LogP contribution in [0.3, 0.4) is 0 Å². The molecule has 0 aliphatic rings. The molecule has 33 heavy (non-hydrogen) atoms. The predicted molar refractivity (Wildman–Crippen MR) is 131 cm³/mol. The van der Waals surface area contributed by atoms with Gasteiger partial charge in [0.2, 0.25) is 9.84 Å². The molecule has 0 amide bonds. The molecule has 0 saturated carbocycles. The Labute approximate surface area is 198 Å². The molecule has 0 unspecified atom stereocenters. The van der Waals surface area contributed by atoms with Crippen LogP contribution in [0.5, 0.6) is 11.5 Å². The van der Waals surface area contributed by atoms with E-state index in [1.807, 2.05) is 50.2 Å². The number of rotatable bonds is 8. The lowest BCUT2D eigenvalue weighted by molar-refractivity contribution is 0.340. The Morgan fingerprint density at radius 2 is 1.52 bits per heavy atom. The number of benzene rings is 3. The summed E-state index contributed by atoms with van der Waals surface area (Å²) in [6.45, 7) is 4.86. The van der Waals surface area contributed by atoms with E-state index in [-0.39, 0.29) is 9.79 Å². The lowest BCUT2D eigenvalue weighted by Gasteiger charge is -2.16. The van der Waals surface area contributed by atoms with E-state index in [0.29, 0.717) is 46.3 Å². The van der Waals surface area contributed by atoms with Gasteiger partial charge < -0.3 is 14.8 Å². The molecule has 0 saturated heterocycles. The molecule has 0 atom stereocenters. The highest BCUT2D eigenvalue weighted by Gasteiger charge is 2.24. The van der Waals surface area contributed by atoms with Crippen molar-refractivity contribution in [3.8, 4) is 11.5 Å². The van der Waals surface area contributed by atoms with E-state index >= 15 is 0 Å². The first-order valence-electron chi connectivity index (χ1n) is 10.5. The summed E-state index contributed by atoms with van der Waals surface area (Å²) < 4.78 is 38.3. The fraction of sp³-hybridized carbons (Fsp3) is 0.160. The van der Waals surface area contributed by atoms with Crippen molar-refractivity contribution in [2.75, 3.05) is 18.5 Å². The minimum atomic E-state index is -3.89. The fourth-order valence-electron chi connectivity index (χ4n) is 3.43. The molecule has 4 aromatic rings. The van der Waals surface area contributed by atoms with Crippen LogP contribution in [-0.4, -0.2) is 26.6 Å².